The zero-order chi connectivity index (χ0) is 14.4. The molecule has 0 unspecified atom stereocenters. The largest absolute Gasteiger partial charge is 0.347 e. The molecule has 0 aliphatic carbocycles. The fourth-order valence-corrected chi connectivity index (χ4v) is 1.50. The highest BCUT2D eigenvalue weighted by atomic mass is 16.6. The summed E-state index contributed by atoms with van der Waals surface area (Å²) in [5.41, 5.74) is 1.54. The Morgan fingerprint density at radius 1 is 1.35 bits per heavy atom. The number of carbonyl (C=O) groups excluding carboxylic acids is 1. The van der Waals surface area contributed by atoms with Crippen LogP contribution in [0, 0.1) is 10.1 Å². The molecule has 2 rings (SSSR count). The van der Waals surface area contributed by atoms with Crippen molar-refractivity contribution in [3.05, 3.63) is 64.0 Å². The minimum absolute atomic E-state index is 0.0193. The number of aromatic amines is 1. The molecule has 1 amide bonds. The van der Waals surface area contributed by atoms with Crippen LogP contribution in [-0.2, 0) is 11.3 Å². The van der Waals surface area contributed by atoms with Crippen LogP contribution >= 0.6 is 0 Å². The number of H-pyrrole nitrogens is 1. The topological polar surface area (TPSA) is 101 Å². The Hall–Kier alpha value is -2.96. The Balaban J connectivity index is 1.88. The van der Waals surface area contributed by atoms with Crippen LogP contribution < -0.4 is 5.32 Å². The van der Waals surface area contributed by atoms with E-state index in [4.69, 9.17) is 0 Å². The summed E-state index contributed by atoms with van der Waals surface area (Å²) >= 11 is 0. The maximum atomic E-state index is 11.5. The van der Waals surface area contributed by atoms with Crippen LogP contribution in [0.1, 0.15) is 11.3 Å². The molecule has 0 saturated carbocycles. The number of hydrogen-bond donors (Lipinski definition) is 2. The molecule has 0 saturated heterocycles. The summed E-state index contributed by atoms with van der Waals surface area (Å²) in [7, 11) is 0. The standard InChI is InChI=1S/C13H12N4O3/c18-13(14-9-11-7-8-15-16-11)6-3-10-1-4-12(5-2-10)17(19)20/h1-8H,9H2,(H,14,18)(H,15,16)/b6-3+. The number of non-ortho nitro benzene ring substituents is 1. The van der Waals surface area contributed by atoms with E-state index < -0.39 is 4.92 Å². The third-order valence-electron chi connectivity index (χ3n) is 2.54. The van der Waals surface area contributed by atoms with Crippen molar-refractivity contribution in [2.45, 2.75) is 6.54 Å². The van der Waals surface area contributed by atoms with Crippen LogP contribution in [0.15, 0.2) is 42.6 Å². The second-order valence-corrected chi connectivity index (χ2v) is 3.98. The predicted molar refractivity (Wildman–Crippen MR) is 72.6 cm³/mol. The number of nitro benzene ring substituents is 1. The lowest BCUT2D eigenvalue weighted by atomic mass is 10.2. The van der Waals surface area contributed by atoms with Crippen LogP contribution in [0.4, 0.5) is 5.69 Å². The highest BCUT2D eigenvalue weighted by Gasteiger charge is 2.02. The van der Waals surface area contributed by atoms with Crippen molar-refractivity contribution >= 4 is 17.7 Å². The van der Waals surface area contributed by atoms with Crippen LogP contribution in [0.2, 0.25) is 0 Å². The van der Waals surface area contributed by atoms with Gasteiger partial charge in [0.15, 0.2) is 0 Å². The van der Waals surface area contributed by atoms with Gasteiger partial charge >= 0.3 is 0 Å². The quantitative estimate of drug-likeness (QED) is 0.491. The summed E-state index contributed by atoms with van der Waals surface area (Å²) in [6, 6.07) is 7.71. The van der Waals surface area contributed by atoms with Gasteiger partial charge < -0.3 is 5.32 Å². The predicted octanol–water partition coefficient (Wildman–Crippen LogP) is 1.65. The van der Waals surface area contributed by atoms with Crippen LogP contribution in [-0.4, -0.2) is 21.0 Å². The summed E-state index contributed by atoms with van der Waals surface area (Å²) in [4.78, 5) is 21.6. The number of rotatable bonds is 5. The van der Waals surface area contributed by atoms with Crippen molar-refractivity contribution in [2.75, 3.05) is 0 Å². The Morgan fingerprint density at radius 3 is 2.70 bits per heavy atom. The minimum Gasteiger partial charge on any atom is -0.347 e. The lowest BCUT2D eigenvalue weighted by Crippen LogP contribution is -2.20. The molecule has 1 aromatic heterocycles. The molecule has 102 valence electrons. The van der Waals surface area contributed by atoms with Crippen molar-refractivity contribution in [3.63, 3.8) is 0 Å². The molecule has 2 N–H and O–H groups in total. The maximum absolute atomic E-state index is 11.5. The summed E-state index contributed by atoms with van der Waals surface area (Å²) in [5.74, 6) is -0.252. The zero-order valence-corrected chi connectivity index (χ0v) is 10.4. The van der Waals surface area contributed by atoms with Crippen molar-refractivity contribution in [2.24, 2.45) is 0 Å². The smallest absolute Gasteiger partial charge is 0.269 e. The van der Waals surface area contributed by atoms with Crippen LogP contribution in [0.5, 0.6) is 0 Å². The highest BCUT2D eigenvalue weighted by Crippen LogP contribution is 2.12. The molecule has 20 heavy (non-hydrogen) atoms. The van der Waals surface area contributed by atoms with E-state index in [9.17, 15) is 14.9 Å². The third-order valence-corrected chi connectivity index (χ3v) is 2.54. The van der Waals surface area contributed by atoms with E-state index >= 15 is 0 Å². The van der Waals surface area contributed by atoms with Crippen molar-refractivity contribution in [3.8, 4) is 0 Å². The molecular formula is C13H12N4O3. The number of amides is 1. The van der Waals surface area contributed by atoms with Gasteiger partial charge in [-0.25, -0.2) is 0 Å². The molecule has 1 aromatic carbocycles. The maximum Gasteiger partial charge on any atom is 0.269 e. The molecule has 0 bridgehead atoms. The zero-order valence-electron chi connectivity index (χ0n) is 10.4. The Morgan fingerprint density at radius 2 is 2.10 bits per heavy atom. The van der Waals surface area contributed by atoms with E-state index in [0.717, 1.165) is 5.69 Å². The molecule has 0 fully saturated rings. The van der Waals surface area contributed by atoms with Gasteiger partial charge in [0.2, 0.25) is 5.91 Å². The van der Waals surface area contributed by atoms with Gasteiger partial charge in [0.05, 0.1) is 17.2 Å². The molecule has 0 radical (unpaired) electrons. The molecule has 2 aromatic rings. The first-order chi connectivity index (χ1) is 9.65. The van der Waals surface area contributed by atoms with Gasteiger partial charge in [-0.05, 0) is 29.8 Å². The molecule has 1 heterocycles. The van der Waals surface area contributed by atoms with E-state index in [1.165, 1.54) is 18.2 Å². The number of nitrogens with zero attached hydrogens (tertiary/aromatic N) is 2. The first-order valence-electron chi connectivity index (χ1n) is 5.84. The summed E-state index contributed by atoms with van der Waals surface area (Å²) in [6.45, 7) is 0.365. The van der Waals surface area contributed by atoms with Gasteiger partial charge in [0.1, 0.15) is 0 Å². The number of aromatic nitrogens is 2. The van der Waals surface area contributed by atoms with Crippen LogP contribution in [0.25, 0.3) is 6.08 Å². The van der Waals surface area contributed by atoms with E-state index in [-0.39, 0.29) is 11.6 Å². The van der Waals surface area contributed by atoms with Crippen molar-refractivity contribution in [1.29, 1.82) is 0 Å². The van der Waals surface area contributed by atoms with Gasteiger partial charge in [-0.15, -0.1) is 0 Å². The first-order valence-corrected chi connectivity index (χ1v) is 5.84. The Bertz CT molecular complexity index is 618. The lowest BCUT2D eigenvalue weighted by Gasteiger charge is -1.99. The number of hydrogen-bond acceptors (Lipinski definition) is 4. The Labute approximate surface area is 114 Å². The average molecular weight is 272 g/mol. The molecule has 7 heteroatoms. The van der Waals surface area contributed by atoms with E-state index in [1.54, 1.807) is 30.5 Å². The van der Waals surface area contributed by atoms with Crippen molar-refractivity contribution < 1.29 is 9.72 Å². The van der Waals surface area contributed by atoms with Gasteiger partial charge in [-0.3, -0.25) is 20.0 Å². The molecular weight excluding hydrogens is 260 g/mol. The van der Waals surface area contributed by atoms with Gasteiger partial charge in [-0.2, -0.15) is 5.10 Å². The third kappa shape index (κ3) is 3.77. The van der Waals surface area contributed by atoms with E-state index in [1.807, 2.05) is 0 Å². The van der Waals surface area contributed by atoms with Gasteiger partial charge in [-0.1, -0.05) is 0 Å². The molecule has 7 nitrogen and oxygen atoms in total. The molecule has 0 aliphatic heterocycles. The minimum atomic E-state index is -0.468. The van der Waals surface area contributed by atoms with E-state index in [2.05, 4.69) is 15.5 Å². The Kier molecular flexibility index (Phi) is 4.23. The van der Waals surface area contributed by atoms with Gasteiger partial charge in [0.25, 0.3) is 5.69 Å². The second-order valence-electron chi connectivity index (χ2n) is 3.98. The number of carbonyl (C=O) groups is 1. The van der Waals surface area contributed by atoms with Crippen molar-refractivity contribution in [1.82, 2.24) is 15.5 Å². The average Bonchev–Trinajstić information content (AvgIpc) is 2.96. The highest BCUT2D eigenvalue weighted by molar-refractivity contribution is 5.91. The first kappa shape index (κ1) is 13.5. The summed E-state index contributed by atoms with van der Waals surface area (Å²) < 4.78 is 0. The SMILES string of the molecule is O=C(/C=C/c1ccc([N+](=O)[O-])cc1)NCc1ccn[nH]1. The lowest BCUT2D eigenvalue weighted by molar-refractivity contribution is -0.384. The molecule has 0 spiro atoms. The fourth-order valence-electron chi connectivity index (χ4n) is 1.50. The normalized spacial score (nSPS) is 10.6. The monoisotopic (exact) mass is 272 g/mol. The fraction of sp³-hybridized carbons (Fsp3) is 0.0769. The number of benzene rings is 1. The van der Waals surface area contributed by atoms with Gasteiger partial charge in [0, 0.05) is 24.4 Å². The second kappa shape index (κ2) is 6.28. The van der Waals surface area contributed by atoms with E-state index in [0.29, 0.717) is 12.1 Å². The molecule has 0 atom stereocenters. The molecule has 0 aliphatic rings. The summed E-state index contributed by atoms with van der Waals surface area (Å²) in [6.07, 6.45) is 4.57. The summed E-state index contributed by atoms with van der Waals surface area (Å²) in [5, 5.41) is 19.7. The number of nitro groups is 1. The van der Waals surface area contributed by atoms with Crippen LogP contribution in [0.3, 0.4) is 0 Å². The number of nitrogens with one attached hydrogen (secondary N) is 2.